The van der Waals surface area contributed by atoms with Gasteiger partial charge in [-0.3, -0.25) is 9.69 Å². The van der Waals surface area contributed by atoms with Crippen LogP contribution in [0, 0.1) is 11.6 Å². The van der Waals surface area contributed by atoms with Gasteiger partial charge in [0.1, 0.15) is 17.4 Å². The fourth-order valence-corrected chi connectivity index (χ4v) is 2.37. The van der Waals surface area contributed by atoms with Crippen LogP contribution in [-0.2, 0) is 17.9 Å². The topological polar surface area (TPSA) is 41.6 Å². The van der Waals surface area contributed by atoms with Crippen LogP contribution in [0.15, 0.2) is 42.5 Å². The molecular weight excluding hydrogens is 371 g/mol. The van der Waals surface area contributed by atoms with E-state index >= 15 is 0 Å². The number of likely N-dealkylation sites (N-methyl/N-ethyl adjacent to an activating group) is 1. The molecule has 0 radical (unpaired) electrons. The van der Waals surface area contributed by atoms with Gasteiger partial charge in [0, 0.05) is 30.3 Å². The third-order valence-corrected chi connectivity index (χ3v) is 3.54. The summed E-state index contributed by atoms with van der Waals surface area (Å²) in [5.74, 6) is -2.29. The van der Waals surface area contributed by atoms with E-state index in [1.165, 1.54) is 29.2 Å². The molecule has 0 atom stereocenters. The van der Waals surface area contributed by atoms with Crippen LogP contribution >= 0.6 is 0 Å². The van der Waals surface area contributed by atoms with Gasteiger partial charge in [-0.1, -0.05) is 24.3 Å². The molecule has 2 rings (SSSR count). The van der Waals surface area contributed by atoms with Crippen LogP contribution in [0.25, 0.3) is 0 Å². The predicted octanol–water partition coefficient (Wildman–Crippen LogP) is 3.61. The number of para-hydroxylation sites is 1. The molecule has 0 fully saturated rings. The third-order valence-electron chi connectivity index (χ3n) is 3.54. The number of amides is 1. The lowest BCUT2D eigenvalue weighted by molar-refractivity contribution is -0.274. The van der Waals surface area contributed by atoms with E-state index in [1.54, 1.807) is 7.05 Å². The summed E-state index contributed by atoms with van der Waals surface area (Å²) in [6, 6.07) is 8.61. The van der Waals surface area contributed by atoms with Crippen molar-refractivity contribution in [2.24, 2.45) is 0 Å². The summed E-state index contributed by atoms with van der Waals surface area (Å²) in [7, 11) is 1.56. The number of benzene rings is 2. The maximum Gasteiger partial charge on any atom is 0.573 e. The van der Waals surface area contributed by atoms with Crippen LogP contribution < -0.4 is 10.1 Å². The average molecular weight is 388 g/mol. The fraction of sp³-hybridized carbons (Fsp3) is 0.278. The Labute approximate surface area is 152 Å². The number of hydrogen-bond acceptors (Lipinski definition) is 3. The van der Waals surface area contributed by atoms with Crippen molar-refractivity contribution in [2.75, 3.05) is 13.6 Å². The number of halogens is 5. The van der Waals surface area contributed by atoms with E-state index in [2.05, 4.69) is 10.1 Å². The van der Waals surface area contributed by atoms with Gasteiger partial charge in [-0.2, -0.15) is 0 Å². The van der Waals surface area contributed by atoms with Gasteiger partial charge in [0.15, 0.2) is 0 Å². The number of nitrogens with zero attached hydrogens (tertiary/aromatic N) is 1. The van der Waals surface area contributed by atoms with Crippen LogP contribution in [0.5, 0.6) is 5.75 Å². The molecule has 0 spiro atoms. The van der Waals surface area contributed by atoms with Crippen molar-refractivity contribution in [3.05, 3.63) is 65.2 Å². The lowest BCUT2D eigenvalue weighted by atomic mass is 10.2. The SMILES string of the molecule is CN(CC(=O)NCc1ccccc1OC(F)(F)F)Cc1ccc(F)cc1F. The first-order valence-corrected chi connectivity index (χ1v) is 7.87. The Kier molecular flexibility index (Phi) is 6.73. The molecule has 0 aliphatic heterocycles. The summed E-state index contributed by atoms with van der Waals surface area (Å²) in [6.07, 6.45) is -4.83. The normalized spacial score (nSPS) is 11.5. The first-order chi connectivity index (χ1) is 12.6. The Hall–Kier alpha value is -2.68. The Morgan fingerprint density at radius 2 is 1.81 bits per heavy atom. The summed E-state index contributed by atoms with van der Waals surface area (Å²) in [5, 5.41) is 2.48. The molecule has 27 heavy (non-hydrogen) atoms. The number of rotatable bonds is 7. The van der Waals surface area contributed by atoms with E-state index in [9.17, 15) is 26.7 Å². The van der Waals surface area contributed by atoms with Crippen molar-refractivity contribution >= 4 is 5.91 Å². The van der Waals surface area contributed by atoms with Gasteiger partial charge in [-0.25, -0.2) is 8.78 Å². The maximum atomic E-state index is 13.6. The highest BCUT2D eigenvalue weighted by Crippen LogP contribution is 2.26. The number of carbonyl (C=O) groups is 1. The van der Waals surface area contributed by atoms with Crippen LogP contribution in [0.3, 0.4) is 0 Å². The van der Waals surface area contributed by atoms with Crippen molar-refractivity contribution < 1.29 is 31.5 Å². The van der Waals surface area contributed by atoms with Crippen LogP contribution in [0.1, 0.15) is 11.1 Å². The first-order valence-electron chi connectivity index (χ1n) is 7.87. The predicted molar refractivity (Wildman–Crippen MR) is 87.7 cm³/mol. The smallest absolute Gasteiger partial charge is 0.405 e. The van der Waals surface area contributed by atoms with E-state index in [-0.39, 0.29) is 30.8 Å². The Balaban J connectivity index is 1.89. The van der Waals surface area contributed by atoms with Crippen molar-refractivity contribution in [3.8, 4) is 5.75 Å². The summed E-state index contributed by atoms with van der Waals surface area (Å²) in [4.78, 5) is 13.5. The zero-order chi connectivity index (χ0) is 20.0. The lowest BCUT2D eigenvalue weighted by Gasteiger charge is -2.17. The van der Waals surface area contributed by atoms with Gasteiger partial charge in [0.25, 0.3) is 0 Å². The maximum absolute atomic E-state index is 13.6. The van der Waals surface area contributed by atoms with Crippen molar-refractivity contribution in [1.29, 1.82) is 0 Å². The van der Waals surface area contributed by atoms with E-state index in [4.69, 9.17) is 0 Å². The quantitative estimate of drug-likeness (QED) is 0.737. The molecule has 0 aliphatic rings. The molecule has 1 N–H and O–H groups in total. The molecule has 4 nitrogen and oxygen atoms in total. The number of hydrogen-bond donors (Lipinski definition) is 1. The minimum Gasteiger partial charge on any atom is -0.405 e. The Bertz CT molecular complexity index is 796. The Morgan fingerprint density at radius 3 is 2.48 bits per heavy atom. The van der Waals surface area contributed by atoms with Gasteiger partial charge >= 0.3 is 6.36 Å². The molecule has 0 aromatic heterocycles. The minimum atomic E-state index is -4.83. The molecule has 1 amide bonds. The largest absolute Gasteiger partial charge is 0.573 e. The van der Waals surface area contributed by atoms with Crippen molar-refractivity contribution in [1.82, 2.24) is 10.2 Å². The van der Waals surface area contributed by atoms with E-state index in [1.807, 2.05) is 0 Å². The Morgan fingerprint density at radius 1 is 1.11 bits per heavy atom. The van der Waals surface area contributed by atoms with E-state index in [0.717, 1.165) is 18.2 Å². The molecular formula is C18H17F5N2O2. The molecule has 0 saturated carbocycles. The van der Waals surface area contributed by atoms with Crippen molar-refractivity contribution in [2.45, 2.75) is 19.5 Å². The lowest BCUT2D eigenvalue weighted by Crippen LogP contribution is -2.34. The second kappa shape index (κ2) is 8.81. The zero-order valence-corrected chi connectivity index (χ0v) is 14.3. The first kappa shape index (κ1) is 20.6. The van der Waals surface area contributed by atoms with Gasteiger partial charge in [-0.15, -0.1) is 13.2 Å². The van der Waals surface area contributed by atoms with Gasteiger partial charge in [0.2, 0.25) is 5.91 Å². The summed E-state index contributed by atoms with van der Waals surface area (Å²) in [5.41, 5.74) is 0.381. The highest BCUT2D eigenvalue weighted by atomic mass is 19.4. The number of nitrogens with one attached hydrogen (secondary N) is 1. The highest BCUT2D eigenvalue weighted by Gasteiger charge is 2.32. The molecule has 0 bridgehead atoms. The van der Waals surface area contributed by atoms with Crippen LogP contribution in [0.4, 0.5) is 22.0 Å². The molecule has 2 aromatic rings. The van der Waals surface area contributed by atoms with Crippen LogP contribution in [-0.4, -0.2) is 30.8 Å². The van der Waals surface area contributed by atoms with Gasteiger partial charge in [0.05, 0.1) is 6.54 Å². The second-order valence-corrected chi connectivity index (χ2v) is 5.84. The molecule has 0 heterocycles. The molecule has 146 valence electrons. The molecule has 0 saturated heterocycles. The summed E-state index contributed by atoms with van der Waals surface area (Å²) in [6.45, 7) is -0.226. The molecule has 2 aromatic carbocycles. The third kappa shape index (κ3) is 6.86. The standard InChI is InChI=1S/C18H17F5N2O2/c1-25(10-13-6-7-14(19)8-15(13)20)11-17(26)24-9-12-4-2-3-5-16(12)27-18(21,22)23/h2-8H,9-11H2,1H3,(H,24,26). The number of ether oxygens (including phenoxy) is 1. The fourth-order valence-electron chi connectivity index (χ4n) is 2.37. The number of alkyl halides is 3. The average Bonchev–Trinajstić information content (AvgIpc) is 2.55. The molecule has 9 heteroatoms. The van der Waals surface area contributed by atoms with Crippen LogP contribution in [0.2, 0.25) is 0 Å². The highest BCUT2D eigenvalue weighted by molar-refractivity contribution is 5.78. The molecule has 0 aliphatic carbocycles. The van der Waals surface area contributed by atoms with Gasteiger partial charge in [-0.05, 0) is 19.2 Å². The van der Waals surface area contributed by atoms with Gasteiger partial charge < -0.3 is 10.1 Å². The summed E-state index contributed by atoms with van der Waals surface area (Å²) >= 11 is 0. The number of carbonyl (C=O) groups excluding carboxylic acids is 1. The minimum absolute atomic E-state index is 0.0628. The zero-order valence-electron chi connectivity index (χ0n) is 14.3. The second-order valence-electron chi connectivity index (χ2n) is 5.84. The monoisotopic (exact) mass is 388 g/mol. The van der Waals surface area contributed by atoms with E-state index < -0.39 is 29.7 Å². The van der Waals surface area contributed by atoms with Crippen molar-refractivity contribution in [3.63, 3.8) is 0 Å². The molecule has 0 unspecified atom stereocenters. The summed E-state index contributed by atoms with van der Waals surface area (Å²) < 4.78 is 67.6. The van der Waals surface area contributed by atoms with E-state index in [0.29, 0.717) is 0 Å².